The Hall–Kier alpha value is -0.940. The van der Waals surface area contributed by atoms with Gasteiger partial charge in [0, 0.05) is 45.6 Å². The summed E-state index contributed by atoms with van der Waals surface area (Å²) in [7, 11) is 1.97. The van der Waals surface area contributed by atoms with Gasteiger partial charge in [-0.25, -0.2) is 4.98 Å². The number of piperazine rings is 1. The van der Waals surface area contributed by atoms with Crippen LogP contribution >= 0.6 is 23.2 Å². The summed E-state index contributed by atoms with van der Waals surface area (Å²) < 4.78 is 1.10. The number of hydrogen-bond donors (Lipinski definition) is 0. The number of rotatable bonds is 2. The Labute approximate surface area is 128 Å². The molecule has 20 heavy (non-hydrogen) atoms. The van der Waals surface area contributed by atoms with Gasteiger partial charge in [0.25, 0.3) is 0 Å². The molecule has 3 rings (SSSR count). The van der Waals surface area contributed by atoms with Crippen molar-refractivity contribution in [3.05, 3.63) is 12.4 Å². The number of nitrogens with zero attached hydrogens (tertiary/aromatic N) is 4. The number of anilines is 1. The SMILES string of the molecule is Cn1ccnc1N1CCN(C(=O)[C@]2(C)CC2(Cl)Cl)CC1. The van der Waals surface area contributed by atoms with Crippen molar-refractivity contribution in [3.8, 4) is 0 Å². The summed E-state index contributed by atoms with van der Waals surface area (Å²) >= 11 is 12.2. The molecule has 0 spiro atoms. The molecule has 1 aliphatic heterocycles. The number of imidazole rings is 1. The number of hydrogen-bond acceptors (Lipinski definition) is 3. The van der Waals surface area contributed by atoms with Gasteiger partial charge < -0.3 is 14.4 Å². The van der Waals surface area contributed by atoms with E-state index in [2.05, 4.69) is 9.88 Å². The van der Waals surface area contributed by atoms with Crippen LogP contribution in [0.5, 0.6) is 0 Å². The van der Waals surface area contributed by atoms with Gasteiger partial charge in [-0.05, 0) is 13.3 Å². The van der Waals surface area contributed by atoms with Crippen molar-refractivity contribution >= 4 is 35.1 Å². The molecule has 1 aromatic heterocycles. The summed E-state index contributed by atoms with van der Waals surface area (Å²) in [5, 5.41) is 0. The Morgan fingerprint density at radius 3 is 2.35 bits per heavy atom. The molecule has 0 bridgehead atoms. The highest BCUT2D eigenvalue weighted by molar-refractivity contribution is 6.53. The number of aromatic nitrogens is 2. The van der Waals surface area contributed by atoms with Crippen molar-refractivity contribution in [2.75, 3.05) is 31.1 Å². The first kappa shape index (κ1) is 14.0. The van der Waals surface area contributed by atoms with Crippen LogP contribution in [-0.2, 0) is 11.8 Å². The number of amides is 1. The van der Waals surface area contributed by atoms with Crippen molar-refractivity contribution in [1.82, 2.24) is 14.5 Å². The van der Waals surface area contributed by atoms with Gasteiger partial charge in [-0.3, -0.25) is 4.79 Å². The molecule has 1 aromatic rings. The van der Waals surface area contributed by atoms with Crippen molar-refractivity contribution in [2.45, 2.75) is 17.7 Å². The van der Waals surface area contributed by atoms with E-state index in [0.29, 0.717) is 19.5 Å². The molecule has 0 aromatic carbocycles. The predicted molar refractivity (Wildman–Crippen MR) is 79.2 cm³/mol. The van der Waals surface area contributed by atoms with Gasteiger partial charge in [-0.15, -0.1) is 23.2 Å². The fourth-order valence-electron chi connectivity index (χ4n) is 2.75. The summed E-state index contributed by atoms with van der Waals surface area (Å²) in [6.07, 6.45) is 4.25. The van der Waals surface area contributed by atoms with E-state index in [-0.39, 0.29) is 5.91 Å². The zero-order chi connectivity index (χ0) is 14.5. The van der Waals surface area contributed by atoms with Crippen LogP contribution in [0.2, 0.25) is 0 Å². The average Bonchev–Trinajstić information content (AvgIpc) is 2.74. The molecule has 5 nitrogen and oxygen atoms in total. The fraction of sp³-hybridized carbons (Fsp3) is 0.692. The largest absolute Gasteiger partial charge is 0.339 e. The van der Waals surface area contributed by atoms with Gasteiger partial charge in [0.2, 0.25) is 11.9 Å². The van der Waals surface area contributed by atoms with Crippen molar-refractivity contribution in [2.24, 2.45) is 12.5 Å². The molecule has 7 heteroatoms. The second-order valence-corrected chi connectivity index (χ2v) is 7.31. The average molecular weight is 317 g/mol. The van der Waals surface area contributed by atoms with Gasteiger partial charge in [0.1, 0.15) is 4.33 Å². The van der Waals surface area contributed by atoms with Gasteiger partial charge >= 0.3 is 0 Å². The highest BCUT2D eigenvalue weighted by Gasteiger charge is 2.68. The van der Waals surface area contributed by atoms with Gasteiger partial charge in [-0.1, -0.05) is 0 Å². The number of carbonyl (C=O) groups excluding carboxylic acids is 1. The molecule has 1 saturated heterocycles. The third-order valence-corrected chi connectivity index (χ3v) is 5.48. The molecule has 110 valence electrons. The number of halogens is 2. The Morgan fingerprint density at radius 1 is 1.30 bits per heavy atom. The van der Waals surface area contributed by atoms with Crippen molar-refractivity contribution < 1.29 is 4.79 Å². The lowest BCUT2D eigenvalue weighted by molar-refractivity contribution is -0.136. The molecule has 1 aliphatic carbocycles. The van der Waals surface area contributed by atoms with E-state index in [1.54, 1.807) is 6.20 Å². The smallest absolute Gasteiger partial charge is 0.231 e. The second-order valence-electron chi connectivity index (χ2n) is 5.83. The molecule has 0 radical (unpaired) electrons. The zero-order valence-corrected chi connectivity index (χ0v) is 13.2. The summed E-state index contributed by atoms with van der Waals surface area (Å²) in [6.45, 7) is 4.78. The third-order valence-electron chi connectivity index (χ3n) is 4.38. The van der Waals surface area contributed by atoms with Crippen LogP contribution in [0.15, 0.2) is 12.4 Å². The van der Waals surface area contributed by atoms with Crippen LogP contribution in [0.3, 0.4) is 0 Å². The summed E-state index contributed by atoms with van der Waals surface area (Å²) in [5.41, 5.74) is -0.610. The molecule has 1 saturated carbocycles. The van der Waals surface area contributed by atoms with E-state index >= 15 is 0 Å². The van der Waals surface area contributed by atoms with Crippen LogP contribution in [0.25, 0.3) is 0 Å². The molecule has 1 atom stereocenters. The van der Waals surface area contributed by atoms with Gasteiger partial charge in [0.15, 0.2) is 0 Å². The quantitative estimate of drug-likeness (QED) is 0.779. The standard InChI is InChI=1S/C13H18Cl2N4O/c1-12(9-13(12,14)15)10(20)18-5-7-19(8-6-18)11-16-3-4-17(11)2/h3-4H,5-9H2,1-2H3/t12-/m0/s1. The third kappa shape index (κ3) is 2.07. The van der Waals surface area contributed by atoms with E-state index in [1.807, 2.05) is 29.6 Å². The minimum Gasteiger partial charge on any atom is -0.339 e. The van der Waals surface area contributed by atoms with Crippen molar-refractivity contribution in [1.29, 1.82) is 0 Å². The first-order valence-corrected chi connectivity index (χ1v) is 7.50. The van der Waals surface area contributed by atoms with Crippen molar-refractivity contribution in [3.63, 3.8) is 0 Å². The Kier molecular flexibility index (Phi) is 3.18. The number of carbonyl (C=O) groups is 1. The summed E-state index contributed by atoms with van der Waals surface area (Å²) in [4.78, 5) is 20.9. The highest BCUT2D eigenvalue weighted by atomic mass is 35.5. The Morgan fingerprint density at radius 2 is 1.90 bits per heavy atom. The summed E-state index contributed by atoms with van der Waals surface area (Å²) in [5.74, 6) is 1.01. The van der Waals surface area contributed by atoms with E-state index in [9.17, 15) is 4.79 Å². The number of alkyl halides is 2. The minimum atomic E-state index is -0.888. The summed E-state index contributed by atoms with van der Waals surface area (Å²) in [6, 6.07) is 0. The lowest BCUT2D eigenvalue weighted by atomic mass is 10.1. The van der Waals surface area contributed by atoms with Crippen LogP contribution in [0.4, 0.5) is 5.95 Å². The molecule has 2 fully saturated rings. The minimum absolute atomic E-state index is 0.0713. The normalized spacial score (nSPS) is 28.6. The van der Waals surface area contributed by atoms with E-state index in [0.717, 1.165) is 19.0 Å². The topological polar surface area (TPSA) is 41.4 Å². The van der Waals surface area contributed by atoms with Gasteiger partial charge in [0.05, 0.1) is 5.41 Å². The van der Waals surface area contributed by atoms with Crippen LogP contribution < -0.4 is 4.90 Å². The molecule has 2 heterocycles. The van der Waals surface area contributed by atoms with Crippen LogP contribution in [0.1, 0.15) is 13.3 Å². The first-order chi connectivity index (χ1) is 9.35. The predicted octanol–water partition coefficient (Wildman–Crippen LogP) is 1.65. The lowest BCUT2D eigenvalue weighted by Crippen LogP contribution is -2.51. The van der Waals surface area contributed by atoms with Crippen LogP contribution in [-0.4, -0.2) is 50.9 Å². The first-order valence-electron chi connectivity index (χ1n) is 6.75. The van der Waals surface area contributed by atoms with E-state index in [4.69, 9.17) is 23.2 Å². The number of aryl methyl sites for hydroxylation is 1. The maximum absolute atomic E-state index is 12.5. The maximum Gasteiger partial charge on any atom is 0.231 e. The monoisotopic (exact) mass is 316 g/mol. The van der Waals surface area contributed by atoms with Gasteiger partial charge in [-0.2, -0.15) is 0 Å². The molecule has 2 aliphatic rings. The molecule has 1 amide bonds. The molecule has 0 unspecified atom stereocenters. The molecular weight excluding hydrogens is 299 g/mol. The molecular formula is C13H18Cl2N4O. The van der Waals surface area contributed by atoms with Crippen LogP contribution in [0, 0.1) is 5.41 Å². The highest BCUT2D eigenvalue weighted by Crippen LogP contribution is 2.64. The Bertz CT molecular complexity index is 536. The Balaban J connectivity index is 1.62. The second kappa shape index (κ2) is 4.53. The lowest BCUT2D eigenvalue weighted by Gasteiger charge is -2.36. The zero-order valence-electron chi connectivity index (χ0n) is 11.6. The van der Waals surface area contributed by atoms with E-state index < -0.39 is 9.75 Å². The maximum atomic E-state index is 12.5. The molecule has 0 N–H and O–H groups in total. The van der Waals surface area contributed by atoms with E-state index in [1.165, 1.54) is 0 Å². The fourth-order valence-corrected chi connectivity index (χ4v) is 3.45.